The summed E-state index contributed by atoms with van der Waals surface area (Å²) >= 11 is 0. The van der Waals surface area contributed by atoms with Crippen molar-refractivity contribution in [2.45, 2.75) is 64.8 Å². The van der Waals surface area contributed by atoms with Crippen molar-refractivity contribution in [2.75, 3.05) is 25.0 Å². The average molecular weight is 399 g/mol. The van der Waals surface area contributed by atoms with Crippen LogP contribution in [0.2, 0.25) is 0 Å². The molecule has 1 aromatic heterocycles. The van der Waals surface area contributed by atoms with Gasteiger partial charge in [0.1, 0.15) is 5.78 Å². The zero-order chi connectivity index (χ0) is 20.6. The van der Waals surface area contributed by atoms with E-state index in [4.69, 9.17) is 0 Å². The predicted octanol–water partition coefficient (Wildman–Crippen LogP) is 3.43. The Balaban J connectivity index is 1.65. The number of nitrogens with one attached hydrogen (secondary N) is 2. The van der Waals surface area contributed by atoms with Gasteiger partial charge in [0.2, 0.25) is 0 Å². The van der Waals surface area contributed by atoms with E-state index in [1.165, 1.54) is 24.9 Å². The fourth-order valence-electron chi connectivity index (χ4n) is 4.53. The summed E-state index contributed by atoms with van der Waals surface area (Å²) in [6.45, 7) is 9.34. The molecule has 0 amide bonds. The molecule has 1 aliphatic heterocycles. The van der Waals surface area contributed by atoms with Crippen LogP contribution in [0.15, 0.2) is 24.3 Å². The first-order chi connectivity index (χ1) is 14.1. The highest BCUT2D eigenvalue weighted by atomic mass is 16.1. The fraction of sp³-hybridized carbons (Fsp3) is 0.636. The molecule has 1 unspecified atom stereocenters. The number of carbonyl (C=O) groups excluding carboxylic acids is 1. The number of benzene rings is 1. The molecule has 0 bridgehead atoms. The van der Waals surface area contributed by atoms with E-state index in [9.17, 15) is 4.79 Å². The Morgan fingerprint density at radius 2 is 2.10 bits per heavy atom. The predicted molar refractivity (Wildman–Crippen MR) is 115 cm³/mol. The van der Waals surface area contributed by atoms with Crippen LogP contribution < -0.4 is 5.32 Å². The van der Waals surface area contributed by atoms with Crippen molar-refractivity contribution in [1.82, 2.24) is 25.5 Å². The number of hydrogen-bond acceptors (Lipinski definition) is 6. The number of H-pyrrole nitrogens is 1. The van der Waals surface area contributed by atoms with E-state index in [1.54, 1.807) is 6.92 Å². The lowest BCUT2D eigenvalue weighted by Crippen LogP contribution is -2.34. The summed E-state index contributed by atoms with van der Waals surface area (Å²) in [5.41, 5.74) is 2.33. The van der Waals surface area contributed by atoms with Crippen LogP contribution in [-0.4, -0.2) is 57.0 Å². The van der Waals surface area contributed by atoms with E-state index in [0.29, 0.717) is 11.9 Å². The van der Waals surface area contributed by atoms with Crippen LogP contribution in [0.3, 0.4) is 0 Å². The highest BCUT2D eigenvalue weighted by Crippen LogP contribution is 2.30. The Morgan fingerprint density at radius 1 is 1.31 bits per heavy atom. The Hall–Kier alpha value is -2.28. The number of nitrogens with zero attached hydrogens (tertiary/aromatic N) is 4. The van der Waals surface area contributed by atoms with Crippen LogP contribution in [0.4, 0.5) is 5.69 Å². The number of ketones is 1. The highest BCUT2D eigenvalue weighted by Gasteiger charge is 2.30. The molecule has 1 saturated heterocycles. The molecule has 3 atom stereocenters. The lowest BCUT2D eigenvalue weighted by molar-refractivity contribution is -0.121. The second-order valence-corrected chi connectivity index (χ2v) is 8.09. The van der Waals surface area contributed by atoms with E-state index >= 15 is 0 Å². The van der Waals surface area contributed by atoms with Crippen LogP contribution in [-0.2, 0) is 11.2 Å². The number of anilines is 1. The molecule has 2 aromatic rings. The quantitative estimate of drug-likeness (QED) is 0.603. The van der Waals surface area contributed by atoms with Gasteiger partial charge in [0.15, 0.2) is 5.82 Å². The highest BCUT2D eigenvalue weighted by molar-refractivity contribution is 5.79. The lowest BCUT2D eigenvalue weighted by atomic mass is 9.81. The molecule has 1 fully saturated rings. The molecule has 1 aliphatic rings. The Morgan fingerprint density at radius 3 is 2.72 bits per heavy atom. The summed E-state index contributed by atoms with van der Waals surface area (Å²) < 4.78 is 0. The SMILES string of the molecule is CCC[C@H](C(C)=O)[C@H](Cc1ccc(NCC2CCCN2CC)cc1)c1nn[nH]n1. The normalized spacial score (nSPS) is 19.2. The standard InChI is InChI=1S/C22H34N6O/c1-4-7-20(16(3)29)21(22-24-26-27-25-22)14-17-9-11-18(12-10-17)23-15-19-8-6-13-28(19)5-2/h9-12,19-21,23H,4-8,13-15H2,1-3H3,(H,24,25,26,27)/t19?,20-,21+/m1/s1. The molecule has 0 radical (unpaired) electrons. The van der Waals surface area contributed by atoms with Crippen LogP contribution in [0.25, 0.3) is 0 Å². The summed E-state index contributed by atoms with van der Waals surface area (Å²) in [7, 11) is 0. The van der Waals surface area contributed by atoms with E-state index in [-0.39, 0.29) is 17.6 Å². The van der Waals surface area contributed by atoms with Gasteiger partial charge in [-0.15, -0.1) is 10.2 Å². The number of tetrazole rings is 1. The maximum Gasteiger partial charge on any atom is 0.178 e. The largest absolute Gasteiger partial charge is 0.383 e. The zero-order valence-corrected chi connectivity index (χ0v) is 17.9. The molecule has 7 heteroatoms. The first kappa shape index (κ1) is 21.4. The van der Waals surface area contributed by atoms with Gasteiger partial charge in [-0.3, -0.25) is 9.69 Å². The minimum Gasteiger partial charge on any atom is -0.383 e. The van der Waals surface area contributed by atoms with Crippen LogP contribution in [0, 0.1) is 5.92 Å². The second-order valence-electron chi connectivity index (χ2n) is 8.09. The number of Topliss-reactive ketones (excluding diaryl/α,β-unsaturated/α-hetero) is 1. The summed E-state index contributed by atoms with van der Waals surface area (Å²) in [4.78, 5) is 14.8. The van der Waals surface area contributed by atoms with Gasteiger partial charge in [-0.05, 0) is 63.4 Å². The number of rotatable bonds is 11. The molecule has 1 aromatic carbocycles. The van der Waals surface area contributed by atoms with Crippen LogP contribution in [0.1, 0.15) is 63.8 Å². The molecular weight excluding hydrogens is 364 g/mol. The van der Waals surface area contributed by atoms with Gasteiger partial charge in [0.05, 0.1) is 0 Å². The van der Waals surface area contributed by atoms with E-state index in [0.717, 1.165) is 38.0 Å². The first-order valence-electron chi connectivity index (χ1n) is 10.9. The maximum atomic E-state index is 12.3. The van der Waals surface area contributed by atoms with Crippen molar-refractivity contribution in [3.63, 3.8) is 0 Å². The molecule has 0 aliphatic carbocycles. The molecule has 2 N–H and O–H groups in total. The maximum absolute atomic E-state index is 12.3. The van der Waals surface area contributed by atoms with Crippen molar-refractivity contribution in [2.24, 2.45) is 5.92 Å². The molecule has 7 nitrogen and oxygen atoms in total. The molecule has 2 heterocycles. The van der Waals surface area contributed by atoms with E-state index in [2.05, 4.69) is 69.0 Å². The van der Waals surface area contributed by atoms with Gasteiger partial charge in [0, 0.05) is 30.1 Å². The Labute approximate surface area is 173 Å². The third kappa shape index (κ3) is 5.63. The average Bonchev–Trinajstić information content (AvgIpc) is 3.41. The van der Waals surface area contributed by atoms with Gasteiger partial charge in [-0.2, -0.15) is 5.21 Å². The minimum absolute atomic E-state index is 0.0541. The van der Waals surface area contributed by atoms with Gasteiger partial charge in [-0.1, -0.05) is 37.6 Å². The van der Waals surface area contributed by atoms with Gasteiger partial charge in [-0.25, -0.2) is 0 Å². The van der Waals surface area contributed by atoms with Crippen molar-refractivity contribution in [3.05, 3.63) is 35.7 Å². The first-order valence-corrected chi connectivity index (χ1v) is 10.9. The number of aromatic nitrogens is 4. The molecule has 158 valence electrons. The molecule has 0 spiro atoms. The molecule has 3 rings (SSSR count). The topological polar surface area (TPSA) is 86.8 Å². The minimum atomic E-state index is -0.0854. The lowest BCUT2D eigenvalue weighted by Gasteiger charge is -2.24. The Bertz CT molecular complexity index is 745. The Kier molecular flexibility index (Phi) is 7.75. The van der Waals surface area contributed by atoms with E-state index < -0.39 is 0 Å². The number of likely N-dealkylation sites (N-methyl/N-ethyl adjacent to an activating group) is 1. The third-order valence-electron chi connectivity index (χ3n) is 6.16. The van der Waals surface area contributed by atoms with Crippen molar-refractivity contribution >= 4 is 11.5 Å². The second kappa shape index (κ2) is 10.5. The summed E-state index contributed by atoms with van der Waals surface area (Å²) in [6, 6.07) is 9.19. The summed E-state index contributed by atoms with van der Waals surface area (Å²) in [5, 5.41) is 18.2. The number of likely N-dealkylation sites (tertiary alicyclic amines) is 1. The van der Waals surface area contributed by atoms with Crippen molar-refractivity contribution in [1.29, 1.82) is 0 Å². The van der Waals surface area contributed by atoms with Gasteiger partial charge < -0.3 is 5.32 Å². The molecule has 29 heavy (non-hydrogen) atoms. The van der Waals surface area contributed by atoms with Crippen LogP contribution >= 0.6 is 0 Å². The molecule has 0 saturated carbocycles. The zero-order valence-electron chi connectivity index (χ0n) is 17.9. The van der Waals surface area contributed by atoms with Gasteiger partial charge in [0.25, 0.3) is 0 Å². The number of aromatic amines is 1. The van der Waals surface area contributed by atoms with Crippen molar-refractivity contribution < 1.29 is 4.79 Å². The van der Waals surface area contributed by atoms with Gasteiger partial charge >= 0.3 is 0 Å². The summed E-state index contributed by atoms with van der Waals surface area (Å²) in [6.07, 6.45) is 5.10. The smallest absolute Gasteiger partial charge is 0.178 e. The number of carbonyl (C=O) groups is 1. The summed E-state index contributed by atoms with van der Waals surface area (Å²) in [5.74, 6) is 0.679. The fourth-order valence-corrected chi connectivity index (χ4v) is 4.53. The molecular formula is C22H34N6O. The van der Waals surface area contributed by atoms with E-state index in [1.807, 2.05) is 0 Å². The van der Waals surface area contributed by atoms with Crippen LogP contribution in [0.5, 0.6) is 0 Å². The third-order valence-corrected chi connectivity index (χ3v) is 6.16. The number of hydrogen-bond donors (Lipinski definition) is 2. The monoisotopic (exact) mass is 398 g/mol. The van der Waals surface area contributed by atoms with Crippen molar-refractivity contribution in [3.8, 4) is 0 Å².